The van der Waals surface area contributed by atoms with E-state index in [1.807, 2.05) is 45.9 Å². The lowest BCUT2D eigenvalue weighted by molar-refractivity contribution is -0.150. The van der Waals surface area contributed by atoms with Crippen LogP contribution in [0.4, 0.5) is 9.93 Å². The summed E-state index contributed by atoms with van der Waals surface area (Å²) in [6.45, 7) is 11.3. The number of aromatic nitrogens is 1. The number of anilines is 1. The molecule has 0 radical (unpaired) electrons. The van der Waals surface area contributed by atoms with Crippen LogP contribution in [0.5, 0.6) is 5.75 Å². The van der Waals surface area contributed by atoms with E-state index in [4.69, 9.17) is 19.2 Å². The second-order valence-corrected chi connectivity index (χ2v) is 13.4. The van der Waals surface area contributed by atoms with Crippen molar-refractivity contribution in [2.75, 3.05) is 31.1 Å². The molecule has 8 nitrogen and oxygen atoms in total. The van der Waals surface area contributed by atoms with Gasteiger partial charge in [0, 0.05) is 37.1 Å². The predicted octanol–water partition coefficient (Wildman–Crippen LogP) is 6.46. The van der Waals surface area contributed by atoms with Crippen molar-refractivity contribution in [2.45, 2.75) is 65.7 Å². The highest BCUT2D eigenvalue weighted by Crippen LogP contribution is 2.59. The first-order valence-electron chi connectivity index (χ1n) is 14.8. The van der Waals surface area contributed by atoms with E-state index in [0.717, 1.165) is 65.6 Å². The number of piperidine rings is 1. The minimum absolute atomic E-state index is 0.0257. The van der Waals surface area contributed by atoms with Crippen LogP contribution in [0.2, 0.25) is 0 Å². The number of ether oxygens (including phenoxy) is 3. The monoisotopic (exact) mass is 589 g/mol. The fourth-order valence-electron chi connectivity index (χ4n) is 6.10. The van der Waals surface area contributed by atoms with Crippen LogP contribution in [0.3, 0.4) is 0 Å². The van der Waals surface area contributed by atoms with Crippen molar-refractivity contribution < 1.29 is 23.8 Å². The summed E-state index contributed by atoms with van der Waals surface area (Å²) in [5, 5.41) is 3.08. The number of fused-ring (bicyclic) bond motifs is 2. The van der Waals surface area contributed by atoms with Crippen molar-refractivity contribution in [1.82, 2.24) is 9.88 Å². The minimum Gasteiger partial charge on any atom is -0.488 e. The Labute approximate surface area is 251 Å². The molecule has 1 unspecified atom stereocenters. The van der Waals surface area contributed by atoms with Crippen molar-refractivity contribution in [3.63, 3.8) is 0 Å². The Bertz CT molecular complexity index is 1480. The molecule has 3 heterocycles. The number of nitrogens with zero attached hydrogens (tertiary/aromatic N) is 3. The average Bonchev–Trinajstić information content (AvgIpc) is 3.52. The Morgan fingerprint density at radius 2 is 1.95 bits per heavy atom. The van der Waals surface area contributed by atoms with E-state index in [1.165, 1.54) is 5.56 Å². The van der Waals surface area contributed by atoms with Gasteiger partial charge in [0.2, 0.25) is 0 Å². The fourth-order valence-corrected chi connectivity index (χ4v) is 6.96. The first-order valence-corrected chi connectivity index (χ1v) is 15.7. The number of para-hydroxylation sites is 1. The lowest BCUT2D eigenvalue weighted by Crippen LogP contribution is -2.39. The molecule has 9 heteroatoms. The molecule has 2 aromatic carbocycles. The van der Waals surface area contributed by atoms with Crippen LogP contribution >= 0.6 is 11.3 Å². The van der Waals surface area contributed by atoms with Crippen molar-refractivity contribution in [1.29, 1.82) is 0 Å². The molecule has 1 aliphatic carbocycles. The molecule has 6 rings (SSSR count). The van der Waals surface area contributed by atoms with Crippen molar-refractivity contribution >= 4 is 28.5 Å². The summed E-state index contributed by atoms with van der Waals surface area (Å²) < 4.78 is 17.2. The van der Waals surface area contributed by atoms with Crippen LogP contribution in [0.1, 0.15) is 57.2 Å². The predicted molar refractivity (Wildman–Crippen MR) is 163 cm³/mol. The zero-order valence-corrected chi connectivity index (χ0v) is 25.7. The summed E-state index contributed by atoms with van der Waals surface area (Å²) in [7, 11) is 0. The van der Waals surface area contributed by atoms with Gasteiger partial charge in [0.1, 0.15) is 18.0 Å². The van der Waals surface area contributed by atoms with E-state index < -0.39 is 5.60 Å². The highest BCUT2D eigenvalue weighted by atomic mass is 32.1. The number of hydrogen-bond acceptors (Lipinski definition) is 8. The normalized spacial score (nSPS) is 21.3. The number of esters is 1. The van der Waals surface area contributed by atoms with Gasteiger partial charge in [-0.3, -0.25) is 4.79 Å². The average molecular weight is 590 g/mol. The molecular weight excluding hydrogens is 550 g/mol. The molecule has 2 fully saturated rings. The van der Waals surface area contributed by atoms with Gasteiger partial charge in [0.05, 0.1) is 17.7 Å². The topological polar surface area (TPSA) is 81.2 Å². The van der Waals surface area contributed by atoms with E-state index in [1.54, 1.807) is 16.2 Å². The Kier molecular flexibility index (Phi) is 7.64. The van der Waals surface area contributed by atoms with Crippen molar-refractivity contribution in [2.24, 2.45) is 11.3 Å². The number of rotatable bonds is 7. The first kappa shape index (κ1) is 28.5. The molecular formula is C33H39N3O5S. The summed E-state index contributed by atoms with van der Waals surface area (Å²) in [5.74, 6) is 1.12. The smallest absolute Gasteiger partial charge is 0.410 e. The third kappa shape index (κ3) is 5.84. The lowest BCUT2D eigenvalue weighted by atomic mass is 9.95. The second kappa shape index (κ2) is 11.2. The van der Waals surface area contributed by atoms with Gasteiger partial charge in [-0.2, -0.15) is 0 Å². The van der Waals surface area contributed by atoms with Crippen molar-refractivity contribution in [3.8, 4) is 17.0 Å². The maximum absolute atomic E-state index is 12.5. The number of amides is 1. The quantitative estimate of drug-likeness (QED) is 0.293. The molecule has 1 amide bonds. The number of carbonyl (C=O) groups excluding carboxylic acids is 2. The molecule has 2 atom stereocenters. The molecule has 0 N–H and O–H groups in total. The van der Waals surface area contributed by atoms with E-state index >= 15 is 0 Å². The van der Waals surface area contributed by atoms with Crippen LogP contribution < -0.4 is 9.64 Å². The van der Waals surface area contributed by atoms with Crippen molar-refractivity contribution in [3.05, 3.63) is 64.5 Å². The number of thiazole rings is 1. The number of hydrogen-bond donors (Lipinski definition) is 0. The van der Waals surface area contributed by atoms with Gasteiger partial charge >= 0.3 is 12.1 Å². The molecule has 3 aromatic rings. The molecule has 2 aliphatic heterocycles. The molecule has 0 spiro atoms. The molecule has 1 saturated heterocycles. The Hall–Kier alpha value is -3.59. The van der Waals surface area contributed by atoms with E-state index in [-0.39, 0.29) is 17.5 Å². The summed E-state index contributed by atoms with van der Waals surface area (Å²) in [5.41, 5.74) is 4.59. The summed E-state index contributed by atoms with van der Waals surface area (Å²) >= 11 is 1.64. The van der Waals surface area contributed by atoms with Gasteiger partial charge in [0.25, 0.3) is 0 Å². The van der Waals surface area contributed by atoms with E-state index in [0.29, 0.717) is 32.2 Å². The van der Waals surface area contributed by atoms with E-state index in [9.17, 15) is 9.59 Å². The van der Waals surface area contributed by atoms with Gasteiger partial charge in [0.15, 0.2) is 5.13 Å². The lowest BCUT2D eigenvalue weighted by Gasteiger charge is -2.31. The maximum Gasteiger partial charge on any atom is 0.410 e. The van der Waals surface area contributed by atoms with E-state index in [2.05, 4.69) is 34.5 Å². The molecule has 1 saturated carbocycles. The maximum atomic E-state index is 12.5. The fraction of sp³-hybridized carbons (Fsp3) is 0.485. The zero-order valence-electron chi connectivity index (χ0n) is 24.9. The Morgan fingerprint density at radius 1 is 1.12 bits per heavy atom. The number of carbonyl (C=O) groups is 2. The molecule has 1 aromatic heterocycles. The molecule has 3 aliphatic rings. The molecule has 42 heavy (non-hydrogen) atoms. The standard InChI is InChI=1S/C33H39N3O5S/c1-5-39-29(37)33-13-15-35(19-25(33)17-33)30-34-27(21-42-30)26-8-6-7-9-28(26)40-20-22-10-11-24-18-36(14-12-23(24)16-22)31(38)41-32(2,3)4/h6-11,16,21,25H,5,12-15,17-20H2,1-4H3/t25?,33-/m1/s1. The van der Waals surface area contributed by atoms with Gasteiger partial charge in [-0.25, -0.2) is 9.78 Å². The zero-order chi connectivity index (χ0) is 29.5. The Balaban J connectivity index is 1.09. The molecule has 222 valence electrons. The second-order valence-electron chi connectivity index (χ2n) is 12.5. The van der Waals surface area contributed by atoms with Crippen LogP contribution in [0, 0.1) is 11.3 Å². The minimum atomic E-state index is -0.502. The highest BCUT2D eigenvalue weighted by molar-refractivity contribution is 7.14. The van der Waals surface area contributed by atoms with Crippen LogP contribution in [0.25, 0.3) is 11.3 Å². The third-order valence-electron chi connectivity index (χ3n) is 8.44. The number of benzene rings is 2. The SMILES string of the molecule is CCOC(=O)[C@@]12CCN(c3nc(-c4ccccc4OCc4ccc5c(c4)CCN(C(=O)OC(C)(C)C)C5)cs3)CC1C2. The van der Waals surface area contributed by atoms with Crippen LogP contribution in [0.15, 0.2) is 47.8 Å². The summed E-state index contributed by atoms with van der Waals surface area (Å²) in [4.78, 5) is 34.0. The molecule has 0 bridgehead atoms. The van der Waals surface area contributed by atoms with Crippen LogP contribution in [-0.2, 0) is 33.8 Å². The third-order valence-corrected chi connectivity index (χ3v) is 9.34. The van der Waals surface area contributed by atoms with Gasteiger partial charge < -0.3 is 24.0 Å². The van der Waals surface area contributed by atoms with Crippen LogP contribution in [-0.4, -0.2) is 53.8 Å². The summed E-state index contributed by atoms with van der Waals surface area (Å²) in [6.07, 6.45) is 2.27. The highest BCUT2D eigenvalue weighted by Gasteiger charge is 2.63. The van der Waals surface area contributed by atoms with Gasteiger partial charge in [-0.05, 0) is 81.7 Å². The largest absolute Gasteiger partial charge is 0.488 e. The Morgan fingerprint density at radius 3 is 2.74 bits per heavy atom. The van der Waals surface area contributed by atoms with Gasteiger partial charge in [-0.15, -0.1) is 11.3 Å². The first-order chi connectivity index (χ1) is 20.1. The summed E-state index contributed by atoms with van der Waals surface area (Å²) in [6, 6.07) is 14.4. The van der Waals surface area contributed by atoms with Gasteiger partial charge in [-0.1, -0.05) is 30.3 Å².